The van der Waals surface area contributed by atoms with Crippen molar-refractivity contribution in [1.82, 2.24) is 10.3 Å². The Morgan fingerprint density at radius 3 is 2.45 bits per heavy atom. The number of pyridine rings is 1. The van der Waals surface area contributed by atoms with Crippen LogP contribution in [0.1, 0.15) is 26.7 Å². The lowest BCUT2D eigenvalue weighted by Crippen LogP contribution is -2.47. The fourth-order valence-corrected chi connectivity index (χ4v) is 4.61. The van der Waals surface area contributed by atoms with E-state index in [1.165, 1.54) is 11.8 Å². The normalized spacial score (nSPS) is 14.1. The van der Waals surface area contributed by atoms with Crippen LogP contribution in [0.3, 0.4) is 0 Å². The molecule has 1 aromatic heterocycles. The van der Waals surface area contributed by atoms with Crippen LogP contribution in [0.2, 0.25) is 0 Å². The largest absolute Gasteiger partial charge is 0.481 e. The predicted octanol–water partition coefficient (Wildman–Crippen LogP) is 3.37. The molecule has 2 heterocycles. The Hall–Kier alpha value is -3.27. The number of alkyl halides is 1. The molecule has 8 nitrogen and oxygen atoms in total. The van der Waals surface area contributed by atoms with Crippen LogP contribution in [-0.2, 0) is 19.2 Å². The van der Waals surface area contributed by atoms with Gasteiger partial charge in [0.05, 0.1) is 22.7 Å². The van der Waals surface area contributed by atoms with Crippen molar-refractivity contribution in [3.05, 3.63) is 42.7 Å². The van der Waals surface area contributed by atoms with Gasteiger partial charge in [-0.3, -0.25) is 29.1 Å². The molecule has 10 heteroatoms. The molecule has 33 heavy (non-hydrogen) atoms. The fraction of sp³-hybridized carbons (Fsp3) is 0.348. The van der Waals surface area contributed by atoms with Crippen molar-refractivity contribution in [1.29, 1.82) is 0 Å². The molecule has 0 radical (unpaired) electrons. The zero-order chi connectivity index (χ0) is 24.1. The second-order valence-corrected chi connectivity index (χ2v) is 9.04. The quantitative estimate of drug-likeness (QED) is 0.573. The number of anilines is 2. The molecule has 0 bridgehead atoms. The maximum absolute atomic E-state index is 13.5. The van der Waals surface area contributed by atoms with E-state index in [0.29, 0.717) is 11.4 Å². The molecule has 0 aliphatic carbocycles. The highest BCUT2D eigenvalue weighted by Crippen LogP contribution is 2.48. The second kappa shape index (κ2) is 10.6. The minimum absolute atomic E-state index is 0.187. The van der Waals surface area contributed by atoms with Crippen LogP contribution in [-0.4, -0.2) is 46.4 Å². The number of carboxylic acids is 1. The van der Waals surface area contributed by atoms with E-state index in [1.807, 2.05) is 24.3 Å². The summed E-state index contributed by atoms with van der Waals surface area (Å²) in [5.41, 5.74) is 1.34. The summed E-state index contributed by atoms with van der Waals surface area (Å²) in [4.78, 5) is 56.6. The van der Waals surface area contributed by atoms with E-state index < -0.39 is 42.7 Å². The number of fused-ring (bicyclic) bond motifs is 2. The van der Waals surface area contributed by atoms with Gasteiger partial charge in [0.25, 0.3) is 0 Å². The van der Waals surface area contributed by atoms with Crippen molar-refractivity contribution in [2.45, 2.75) is 42.5 Å². The van der Waals surface area contributed by atoms with Crippen LogP contribution in [0.5, 0.6) is 0 Å². The fourth-order valence-electron chi connectivity index (χ4n) is 3.58. The van der Waals surface area contributed by atoms with Crippen molar-refractivity contribution in [3.63, 3.8) is 0 Å². The van der Waals surface area contributed by atoms with E-state index in [2.05, 4.69) is 10.3 Å². The number of amides is 2. The molecule has 2 aromatic rings. The standard InChI is InChI=1S/C23H24FN3O5S/c1-13(2)14(23(32)26-15(10-22(30)31)18(28)11-24)9-21(29)27-16-5-3-4-6-19(16)33-20-12-25-8-7-17(20)27/h3-8,12-15H,9-11H2,1-2H3,(H,26,32)(H,30,31). The summed E-state index contributed by atoms with van der Waals surface area (Å²) in [6.07, 6.45) is 2.33. The molecular formula is C23H24FN3O5S. The van der Waals surface area contributed by atoms with E-state index in [1.54, 1.807) is 37.2 Å². The molecule has 2 atom stereocenters. The lowest BCUT2D eigenvalue weighted by molar-refractivity contribution is -0.141. The summed E-state index contributed by atoms with van der Waals surface area (Å²) in [5, 5.41) is 11.3. The molecule has 0 spiro atoms. The van der Waals surface area contributed by atoms with E-state index in [0.717, 1.165) is 9.79 Å². The number of aromatic nitrogens is 1. The number of carbonyl (C=O) groups excluding carboxylic acids is 3. The Labute approximate surface area is 194 Å². The van der Waals surface area contributed by atoms with Gasteiger partial charge in [0.1, 0.15) is 12.7 Å². The number of hydrogen-bond donors (Lipinski definition) is 2. The molecule has 0 saturated heterocycles. The number of hydrogen-bond acceptors (Lipinski definition) is 6. The van der Waals surface area contributed by atoms with Gasteiger partial charge in [0.15, 0.2) is 5.78 Å². The summed E-state index contributed by atoms with van der Waals surface area (Å²) >= 11 is 1.49. The molecule has 0 saturated carbocycles. The Morgan fingerprint density at radius 1 is 1.09 bits per heavy atom. The highest BCUT2D eigenvalue weighted by atomic mass is 32.2. The van der Waals surface area contributed by atoms with Gasteiger partial charge in [0.2, 0.25) is 11.8 Å². The number of ketones is 1. The molecular weight excluding hydrogens is 449 g/mol. The van der Waals surface area contributed by atoms with E-state index in [4.69, 9.17) is 5.11 Å². The Balaban J connectivity index is 1.86. The maximum Gasteiger partial charge on any atom is 0.305 e. The molecule has 1 aliphatic rings. The third kappa shape index (κ3) is 5.57. The summed E-state index contributed by atoms with van der Waals surface area (Å²) in [6.45, 7) is 2.10. The molecule has 0 fully saturated rings. The van der Waals surface area contributed by atoms with Gasteiger partial charge in [-0.05, 0) is 24.1 Å². The monoisotopic (exact) mass is 473 g/mol. The van der Waals surface area contributed by atoms with Crippen LogP contribution < -0.4 is 10.2 Å². The predicted molar refractivity (Wildman–Crippen MR) is 120 cm³/mol. The van der Waals surface area contributed by atoms with E-state index >= 15 is 0 Å². The van der Waals surface area contributed by atoms with Crippen LogP contribution in [0.4, 0.5) is 15.8 Å². The number of carboxylic acid groups (broad SMARTS) is 1. The number of nitrogens with one attached hydrogen (secondary N) is 1. The zero-order valence-corrected chi connectivity index (χ0v) is 19.0. The number of halogens is 1. The smallest absolute Gasteiger partial charge is 0.305 e. The van der Waals surface area contributed by atoms with E-state index in [9.17, 15) is 23.6 Å². The van der Waals surface area contributed by atoms with E-state index in [-0.39, 0.29) is 18.2 Å². The molecule has 174 valence electrons. The van der Waals surface area contributed by atoms with Crippen LogP contribution in [0, 0.1) is 11.8 Å². The number of Topliss-reactive ketones (excluding diaryl/α,β-unsaturated/α-hetero) is 1. The minimum Gasteiger partial charge on any atom is -0.481 e. The van der Waals surface area contributed by atoms with Crippen molar-refractivity contribution in [3.8, 4) is 0 Å². The second-order valence-electron chi connectivity index (χ2n) is 7.96. The van der Waals surface area contributed by atoms with Crippen molar-refractivity contribution in [2.24, 2.45) is 11.8 Å². The van der Waals surface area contributed by atoms with Crippen molar-refractivity contribution >= 4 is 46.7 Å². The minimum atomic E-state index is -1.49. The van der Waals surface area contributed by atoms with Gasteiger partial charge in [-0.1, -0.05) is 37.7 Å². The number of aliphatic carboxylic acids is 1. The number of para-hydroxylation sites is 1. The van der Waals surface area contributed by atoms with Gasteiger partial charge < -0.3 is 10.4 Å². The van der Waals surface area contributed by atoms with Crippen LogP contribution in [0.15, 0.2) is 52.5 Å². The van der Waals surface area contributed by atoms with Crippen molar-refractivity contribution in [2.75, 3.05) is 11.6 Å². The lowest BCUT2D eigenvalue weighted by atomic mass is 9.90. The van der Waals surface area contributed by atoms with Crippen molar-refractivity contribution < 1.29 is 28.7 Å². The topological polar surface area (TPSA) is 117 Å². The number of benzene rings is 1. The summed E-state index contributed by atoms with van der Waals surface area (Å²) in [7, 11) is 0. The molecule has 1 aromatic carbocycles. The average molecular weight is 474 g/mol. The maximum atomic E-state index is 13.5. The van der Waals surface area contributed by atoms with Crippen LogP contribution >= 0.6 is 11.8 Å². The average Bonchev–Trinajstić information content (AvgIpc) is 2.79. The molecule has 2 amide bonds. The first-order valence-corrected chi connectivity index (χ1v) is 11.2. The molecule has 3 rings (SSSR count). The zero-order valence-electron chi connectivity index (χ0n) is 18.2. The van der Waals surface area contributed by atoms with Gasteiger partial charge in [-0.25, -0.2) is 4.39 Å². The SMILES string of the molecule is CC(C)C(CC(=O)N1c2ccccc2Sc2cnccc21)C(=O)NC(CC(=O)O)C(=O)CF. The number of rotatable bonds is 9. The van der Waals surface area contributed by atoms with Gasteiger partial charge in [0, 0.05) is 29.6 Å². The first-order chi connectivity index (χ1) is 15.7. The third-order valence-corrected chi connectivity index (χ3v) is 6.43. The summed E-state index contributed by atoms with van der Waals surface area (Å²) in [5.74, 6) is -4.52. The Morgan fingerprint density at radius 2 is 1.79 bits per heavy atom. The molecule has 2 N–H and O–H groups in total. The lowest BCUT2D eigenvalue weighted by Gasteiger charge is -2.32. The summed E-state index contributed by atoms with van der Waals surface area (Å²) in [6, 6.07) is 7.63. The molecule has 1 aliphatic heterocycles. The first kappa shape index (κ1) is 24.4. The molecule has 2 unspecified atom stereocenters. The van der Waals surface area contributed by atoms with Gasteiger partial charge in [-0.15, -0.1) is 0 Å². The first-order valence-electron chi connectivity index (χ1n) is 10.4. The third-order valence-electron chi connectivity index (χ3n) is 5.33. The number of carbonyl (C=O) groups is 4. The van der Waals surface area contributed by atoms with Gasteiger partial charge in [-0.2, -0.15) is 0 Å². The number of nitrogens with zero attached hydrogens (tertiary/aromatic N) is 2. The van der Waals surface area contributed by atoms with Gasteiger partial charge >= 0.3 is 5.97 Å². The highest BCUT2D eigenvalue weighted by Gasteiger charge is 2.34. The van der Waals surface area contributed by atoms with Crippen LogP contribution in [0.25, 0.3) is 0 Å². The highest BCUT2D eigenvalue weighted by molar-refractivity contribution is 7.99. The Kier molecular flexibility index (Phi) is 7.80. The Bertz CT molecular complexity index is 1030. The summed E-state index contributed by atoms with van der Waals surface area (Å²) < 4.78 is 12.9.